The van der Waals surface area contributed by atoms with Crippen molar-refractivity contribution >= 4 is 11.6 Å². The van der Waals surface area contributed by atoms with Gasteiger partial charge in [-0.05, 0) is 25.5 Å². The summed E-state index contributed by atoms with van der Waals surface area (Å²) in [6.07, 6.45) is 0.959. The molecule has 2 rings (SSSR count). The van der Waals surface area contributed by atoms with Crippen molar-refractivity contribution in [1.29, 1.82) is 0 Å². The number of piperazine rings is 1. The molecule has 0 unspecified atom stereocenters. The second kappa shape index (κ2) is 6.57. The lowest BCUT2D eigenvalue weighted by molar-refractivity contribution is 0.0954. The second-order valence-electron chi connectivity index (χ2n) is 5.01. The molecular weight excluding hydrogens is 238 g/mol. The standard InChI is InChI=1S/C15H23N3O/c1-3-6-17-15(19)13-11-12(2)4-5-14(13)18-9-7-16-8-10-18/h4-5,11,16H,3,6-10H2,1-2H3,(H,17,19). The normalized spacial score (nSPS) is 15.4. The maximum atomic E-state index is 12.3. The molecule has 2 N–H and O–H groups in total. The highest BCUT2D eigenvalue weighted by molar-refractivity contribution is 6.00. The SMILES string of the molecule is CCCNC(=O)c1cc(C)ccc1N1CCNCC1. The molecule has 0 aliphatic carbocycles. The van der Waals surface area contributed by atoms with Gasteiger partial charge in [-0.25, -0.2) is 0 Å². The van der Waals surface area contributed by atoms with Crippen molar-refractivity contribution in [3.63, 3.8) is 0 Å². The summed E-state index contributed by atoms with van der Waals surface area (Å²) in [4.78, 5) is 14.6. The van der Waals surface area contributed by atoms with Gasteiger partial charge in [-0.15, -0.1) is 0 Å². The van der Waals surface area contributed by atoms with Crippen LogP contribution in [0.4, 0.5) is 5.69 Å². The third kappa shape index (κ3) is 3.47. The minimum absolute atomic E-state index is 0.0408. The van der Waals surface area contributed by atoms with E-state index in [0.29, 0.717) is 0 Å². The Morgan fingerprint density at radius 3 is 2.79 bits per heavy atom. The monoisotopic (exact) mass is 261 g/mol. The zero-order valence-corrected chi connectivity index (χ0v) is 11.8. The molecule has 0 spiro atoms. The van der Waals surface area contributed by atoms with Crippen molar-refractivity contribution in [2.75, 3.05) is 37.6 Å². The van der Waals surface area contributed by atoms with Crippen LogP contribution in [0.15, 0.2) is 18.2 Å². The maximum absolute atomic E-state index is 12.3. The molecule has 1 heterocycles. The first kappa shape index (κ1) is 13.9. The first-order valence-corrected chi connectivity index (χ1v) is 7.07. The molecule has 1 saturated heterocycles. The Kier molecular flexibility index (Phi) is 4.80. The Hall–Kier alpha value is -1.55. The average molecular weight is 261 g/mol. The van der Waals surface area contributed by atoms with Crippen LogP contribution < -0.4 is 15.5 Å². The molecule has 19 heavy (non-hydrogen) atoms. The Labute approximate surface area is 115 Å². The van der Waals surface area contributed by atoms with Gasteiger partial charge < -0.3 is 15.5 Å². The summed E-state index contributed by atoms with van der Waals surface area (Å²) in [5, 5.41) is 6.31. The van der Waals surface area contributed by atoms with Crippen molar-refractivity contribution in [2.24, 2.45) is 0 Å². The van der Waals surface area contributed by atoms with Crippen molar-refractivity contribution in [3.05, 3.63) is 29.3 Å². The summed E-state index contributed by atoms with van der Waals surface area (Å²) < 4.78 is 0. The minimum Gasteiger partial charge on any atom is -0.368 e. The van der Waals surface area contributed by atoms with E-state index in [-0.39, 0.29) is 5.91 Å². The van der Waals surface area contributed by atoms with Crippen LogP contribution in [0.1, 0.15) is 29.3 Å². The second-order valence-corrected chi connectivity index (χ2v) is 5.01. The fourth-order valence-electron chi connectivity index (χ4n) is 2.35. The van der Waals surface area contributed by atoms with Crippen molar-refractivity contribution in [3.8, 4) is 0 Å². The molecule has 0 aromatic heterocycles. The summed E-state index contributed by atoms with van der Waals surface area (Å²) in [7, 11) is 0. The Bertz CT molecular complexity index is 439. The fraction of sp³-hybridized carbons (Fsp3) is 0.533. The summed E-state index contributed by atoms with van der Waals surface area (Å²) >= 11 is 0. The van der Waals surface area contributed by atoms with Gasteiger partial charge >= 0.3 is 0 Å². The smallest absolute Gasteiger partial charge is 0.253 e. The molecule has 1 fully saturated rings. The molecular formula is C15H23N3O. The number of carbonyl (C=O) groups is 1. The Balaban J connectivity index is 2.23. The maximum Gasteiger partial charge on any atom is 0.253 e. The first-order chi connectivity index (χ1) is 9.22. The molecule has 0 saturated carbocycles. The molecule has 1 aliphatic rings. The molecule has 1 amide bonds. The molecule has 4 nitrogen and oxygen atoms in total. The Morgan fingerprint density at radius 2 is 2.11 bits per heavy atom. The topological polar surface area (TPSA) is 44.4 Å². The Morgan fingerprint density at radius 1 is 1.37 bits per heavy atom. The summed E-state index contributed by atoms with van der Waals surface area (Å²) in [6.45, 7) is 8.68. The quantitative estimate of drug-likeness (QED) is 0.864. The number of rotatable bonds is 4. The third-order valence-electron chi connectivity index (χ3n) is 3.39. The van der Waals surface area contributed by atoms with Crippen molar-refractivity contribution in [1.82, 2.24) is 10.6 Å². The van der Waals surface area contributed by atoms with E-state index in [0.717, 1.165) is 56.0 Å². The third-order valence-corrected chi connectivity index (χ3v) is 3.39. The van der Waals surface area contributed by atoms with Gasteiger partial charge in [0, 0.05) is 38.4 Å². The molecule has 1 aliphatic heterocycles. The van der Waals surface area contributed by atoms with E-state index in [2.05, 4.69) is 34.6 Å². The largest absolute Gasteiger partial charge is 0.368 e. The van der Waals surface area contributed by atoms with Gasteiger partial charge in [0.25, 0.3) is 5.91 Å². The summed E-state index contributed by atoms with van der Waals surface area (Å²) in [5.74, 6) is 0.0408. The van der Waals surface area contributed by atoms with Crippen LogP contribution in [0.2, 0.25) is 0 Å². The number of hydrogen-bond acceptors (Lipinski definition) is 3. The van der Waals surface area contributed by atoms with E-state index in [1.54, 1.807) is 0 Å². The minimum atomic E-state index is 0.0408. The van der Waals surface area contributed by atoms with E-state index in [1.807, 2.05) is 13.0 Å². The van der Waals surface area contributed by atoms with Crippen LogP contribution in [0.25, 0.3) is 0 Å². The molecule has 4 heteroatoms. The van der Waals surface area contributed by atoms with E-state index >= 15 is 0 Å². The summed E-state index contributed by atoms with van der Waals surface area (Å²) in [6, 6.07) is 6.14. The van der Waals surface area contributed by atoms with Crippen LogP contribution >= 0.6 is 0 Å². The average Bonchev–Trinajstić information content (AvgIpc) is 2.45. The lowest BCUT2D eigenvalue weighted by atomic mass is 10.1. The van der Waals surface area contributed by atoms with Crippen molar-refractivity contribution < 1.29 is 4.79 Å². The van der Waals surface area contributed by atoms with Gasteiger partial charge in [0.05, 0.1) is 5.56 Å². The van der Waals surface area contributed by atoms with Crippen molar-refractivity contribution in [2.45, 2.75) is 20.3 Å². The fourth-order valence-corrected chi connectivity index (χ4v) is 2.35. The van der Waals surface area contributed by atoms with Crippen LogP contribution in [0.3, 0.4) is 0 Å². The zero-order chi connectivity index (χ0) is 13.7. The van der Waals surface area contributed by atoms with E-state index in [1.165, 1.54) is 0 Å². The highest BCUT2D eigenvalue weighted by Gasteiger charge is 2.18. The van der Waals surface area contributed by atoms with Gasteiger partial charge in [0.2, 0.25) is 0 Å². The molecule has 0 radical (unpaired) electrons. The predicted octanol–water partition coefficient (Wildman–Crippen LogP) is 1.54. The lowest BCUT2D eigenvalue weighted by Gasteiger charge is -2.31. The zero-order valence-electron chi connectivity index (χ0n) is 11.8. The van der Waals surface area contributed by atoms with Crippen LogP contribution in [-0.4, -0.2) is 38.6 Å². The molecule has 104 valence electrons. The van der Waals surface area contributed by atoms with Gasteiger partial charge in [0.15, 0.2) is 0 Å². The van der Waals surface area contributed by atoms with Gasteiger partial charge in [-0.2, -0.15) is 0 Å². The number of anilines is 1. The van der Waals surface area contributed by atoms with E-state index < -0.39 is 0 Å². The number of nitrogens with one attached hydrogen (secondary N) is 2. The number of hydrogen-bond donors (Lipinski definition) is 2. The van der Waals surface area contributed by atoms with Crippen LogP contribution in [0, 0.1) is 6.92 Å². The van der Waals surface area contributed by atoms with Gasteiger partial charge in [0.1, 0.15) is 0 Å². The highest BCUT2D eigenvalue weighted by Crippen LogP contribution is 2.22. The van der Waals surface area contributed by atoms with Crippen LogP contribution in [0.5, 0.6) is 0 Å². The lowest BCUT2D eigenvalue weighted by Crippen LogP contribution is -2.44. The number of nitrogens with zero attached hydrogens (tertiary/aromatic N) is 1. The first-order valence-electron chi connectivity index (χ1n) is 7.07. The van der Waals surface area contributed by atoms with Crippen LogP contribution in [-0.2, 0) is 0 Å². The molecule has 0 bridgehead atoms. The van der Waals surface area contributed by atoms with E-state index in [9.17, 15) is 4.79 Å². The molecule has 1 aromatic carbocycles. The van der Waals surface area contributed by atoms with E-state index in [4.69, 9.17) is 0 Å². The number of aryl methyl sites for hydroxylation is 1. The number of benzene rings is 1. The molecule has 1 aromatic rings. The van der Waals surface area contributed by atoms with Gasteiger partial charge in [-0.3, -0.25) is 4.79 Å². The predicted molar refractivity (Wildman–Crippen MR) is 78.9 cm³/mol. The number of carbonyl (C=O) groups excluding carboxylic acids is 1. The summed E-state index contributed by atoms with van der Waals surface area (Å²) in [5.41, 5.74) is 2.98. The van der Waals surface area contributed by atoms with Gasteiger partial charge in [-0.1, -0.05) is 18.6 Å². The molecule has 0 atom stereocenters. The highest BCUT2D eigenvalue weighted by atomic mass is 16.1. The number of amides is 1.